The molecule has 2 unspecified atom stereocenters. The number of nitrogens with one attached hydrogen (secondary N) is 1. The lowest BCUT2D eigenvalue weighted by Crippen LogP contribution is -2.36. The third-order valence-electron chi connectivity index (χ3n) is 2.80. The van der Waals surface area contributed by atoms with Gasteiger partial charge in [-0.3, -0.25) is 4.98 Å². The summed E-state index contributed by atoms with van der Waals surface area (Å²) >= 11 is 0. The van der Waals surface area contributed by atoms with E-state index < -0.39 is 0 Å². The molecule has 102 valence electrons. The molecule has 2 N–H and O–H groups in total. The Bertz CT molecular complexity index is 316. The van der Waals surface area contributed by atoms with Crippen molar-refractivity contribution in [1.82, 2.24) is 15.2 Å². The SMILES string of the molecule is CCCC(NCC(O)CN(C)C)c1ccccn1. The monoisotopic (exact) mass is 251 g/mol. The van der Waals surface area contributed by atoms with E-state index in [0.29, 0.717) is 13.1 Å². The minimum absolute atomic E-state index is 0.230. The minimum atomic E-state index is -0.344. The zero-order chi connectivity index (χ0) is 13.4. The summed E-state index contributed by atoms with van der Waals surface area (Å²) in [5, 5.41) is 13.3. The molecule has 1 aromatic heterocycles. The number of hydrogen-bond acceptors (Lipinski definition) is 4. The van der Waals surface area contributed by atoms with Crippen LogP contribution in [0.5, 0.6) is 0 Å². The Morgan fingerprint density at radius 2 is 2.17 bits per heavy atom. The first-order valence-electron chi connectivity index (χ1n) is 6.60. The van der Waals surface area contributed by atoms with Crippen LogP contribution < -0.4 is 5.32 Å². The molecule has 0 aliphatic heterocycles. The molecule has 0 amide bonds. The number of likely N-dealkylation sites (N-methyl/N-ethyl adjacent to an activating group) is 1. The fourth-order valence-electron chi connectivity index (χ4n) is 1.99. The second-order valence-electron chi connectivity index (χ2n) is 4.92. The third kappa shape index (κ3) is 5.58. The van der Waals surface area contributed by atoms with Gasteiger partial charge in [0.05, 0.1) is 11.8 Å². The van der Waals surface area contributed by atoms with Crippen LogP contribution in [-0.4, -0.2) is 48.3 Å². The van der Waals surface area contributed by atoms with Crippen LogP contribution in [0, 0.1) is 0 Å². The highest BCUT2D eigenvalue weighted by Crippen LogP contribution is 2.15. The molecule has 4 heteroatoms. The molecule has 0 saturated carbocycles. The second-order valence-corrected chi connectivity index (χ2v) is 4.92. The van der Waals surface area contributed by atoms with Gasteiger partial charge in [0.25, 0.3) is 0 Å². The molecular weight excluding hydrogens is 226 g/mol. The highest BCUT2D eigenvalue weighted by Gasteiger charge is 2.13. The van der Waals surface area contributed by atoms with Crippen molar-refractivity contribution in [1.29, 1.82) is 0 Å². The van der Waals surface area contributed by atoms with Gasteiger partial charge >= 0.3 is 0 Å². The topological polar surface area (TPSA) is 48.4 Å². The predicted molar refractivity (Wildman–Crippen MR) is 74.4 cm³/mol. The molecule has 18 heavy (non-hydrogen) atoms. The first-order valence-corrected chi connectivity index (χ1v) is 6.60. The molecule has 0 aromatic carbocycles. The van der Waals surface area contributed by atoms with Gasteiger partial charge in [0.1, 0.15) is 0 Å². The maximum absolute atomic E-state index is 9.86. The highest BCUT2D eigenvalue weighted by molar-refractivity contribution is 5.08. The van der Waals surface area contributed by atoms with Gasteiger partial charge in [-0.2, -0.15) is 0 Å². The Morgan fingerprint density at radius 3 is 2.72 bits per heavy atom. The van der Waals surface area contributed by atoms with Crippen molar-refractivity contribution in [2.45, 2.75) is 31.9 Å². The van der Waals surface area contributed by atoms with Crippen LogP contribution in [-0.2, 0) is 0 Å². The molecule has 0 aliphatic carbocycles. The van der Waals surface area contributed by atoms with E-state index in [1.165, 1.54) is 0 Å². The van der Waals surface area contributed by atoms with Crippen molar-refractivity contribution in [2.24, 2.45) is 0 Å². The quantitative estimate of drug-likeness (QED) is 0.734. The van der Waals surface area contributed by atoms with Gasteiger partial charge < -0.3 is 15.3 Å². The summed E-state index contributed by atoms with van der Waals surface area (Å²) in [5.74, 6) is 0. The molecule has 0 spiro atoms. The maximum atomic E-state index is 9.86. The molecule has 2 atom stereocenters. The van der Waals surface area contributed by atoms with E-state index in [1.54, 1.807) is 0 Å². The minimum Gasteiger partial charge on any atom is -0.390 e. The van der Waals surface area contributed by atoms with Crippen LogP contribution in [0.25, 0.3) is 0 Å². The Balaban J connectivity index is 2.48. The molecular formula is C14H25N3O. The van der Waals surface area contributed by atoms with Crippen molar-refractivity contribution in [3.63, 3.8) is 0 Å². The Labute approximate surface area is 110 Å². The van der Waals surface area contributed by atoms with Gasteiger partial charge in [-0.25, -0.2) is 0 Å². The van der Waals surface area contributed by atoms with Gasteiger partial charge in [0, 0.05) is 25.3 Å². The van der Waals surface area contributed by atoms with E-state index in [1.807, 2.05) is 43.4 Å². The van der Waals surface area contributed by atoms with Crippen molar-refractivity contribution in [3.05, 3.63) is 30.1 Å². The van der Waals surface area contributed by atoms with Crippen LogP contribution in [0.1, 0.15) is 31.5 Å². The Hall–Kier alpha value is -0.970. The van der Waals surface area contributed by atoms with Crippen molar-refractivity contribution < 1.29 is 5.11 Å². The smallest absolute Gasteiger partial charge is 0.0791 e. The lowest BCUT2D eigenvalue weighted by molar-refractivity contribution is 0.130. The highest BCUT2D eigenvalue weighted by atomic mass is 16.3. The van der Waals surface area contributed by atoms with Crippen LogP contribution in [0.4, 0.5) is 0 Å². The molecule has 0 aliphatic rings. The fourth-order valence-corrected chi connectivity index (χ4v) is 1.99. The zero-order valence-electron chi connectivity index (χ0n) is 11.6. The van der Waals surface area contributed by atoms with Gasteiger partial charge in [0.2, 0.25) is 0 Å². The largest absolute Gasteiger partial charge is 0.390 e. The van der Waals surface area contributed by atoms with E-state index >= 15 is 0 Å². The number of aromatic nitrogens is 1. The standard InChI is InChI=1S/C14H25N3O/c1-4-7-13(14-8-5-6-9-15-14)16-10-12(18)11-17(2)3/h5-6,8-9,12-13,16,18H,4,7,10-11H2,1-3H3. The Morgan fingerprint density at radius 1 is 1.39 bits per heavy atom. The number of nitrogens with zero attached hydrogens (tertiary/aromatic N) is 2. The summed E-state index contributed by atoms with van der Waals surface area (Å²) in [6.45, 7) is 3.43. The van der Waals surface area contributed by atoms with Crippen molar-refractivity contribution in [2.75, 3.05) is 27.2 Å². The second kappa shape index (κ2) is 8.19. The third-order valence-corrected chi connectivity index (χ3v) is 2.80. The van der Waals surface area contributed by atoms with Crippen LogP contribution >= 0.6 is 0 Å². The van der Waals surface area contributed by atoms with Crippen molar-refractivity contribution >= 4 is 0 Å². The van der Waals surface area contributed by atoms with E-state index in [0.717, 1.165) is 18.5 Å². The molecule has 0 bridgehead atoms. The lowest BCUT2D eigenvalue weighted by atomic mass is 10.1. The molecule has 4 nitrogen and oxygen atoms in total. The average molecular weight is 251 g/mol. The molecule has 0 radical (unpaired) electrons. The molecule has 1 aromatic rings. The van der Waals surface area contributed by atoms with Gasteiger partial charge in [-0.1, -0.05) is 19.4 Å². The van der Waals surface area contributed by atoms with Crippen LogP contribution in [0.3, 0.4) is 0 Å². The van der Waals surface area contributed by atoms with Crippen LogP contribution in [0.2, 0.25) is 0 Å². The first-order chi connectivity index (χ1) is 8.63. The molecule has 0 fully saturated rings. The summed E-state index contributed by atoms with van der Waals surface area (Å²) in [7, 11) is 3.93. The van der Waals surface area contributed by atoms with E-state index in [9.17, 15) is 5.11 Å². The van der Waals surface area contributed by atoms with Gasteiger partial charge in [0.15, 0.2) is 0 Å². The number of aliphatic hydroxyl groups excluding tert-OH is 1. The number of hydrogen-bond donors (Lipinski definition) is 2. The molecule has 1 rings (SSSR count). The van der Waals surface area contributed by atoms with Crippen LogP contribution in [0.15, 0.2) is 24.4 Å². The fraction of sp³-hybridized carbons (Fsp3) is 0.643. The van der Waals surface area contributed by atoms with Gasteiger partial charge in [-0.15, -0.1) is 0 Å². The maximum Gasteiger partial charge on any atom is 0.0791 e. The van der Waals surface area contributed by atoms with Gasteiger partial charge in [-0.05, 0) is 32.6 Å². The number of aliphatic hydroxyl groups is 1. The summed E-state index contributed by atoms with van der Waals surface area (Å²) in [6.07, 6.45) is 3.60. The average Bonchev–Trinajstić information content (AvgIpc) is 2.34. The van der Waals surface area contributed by atoms with E-state index in [2.05, 4.69) is 17.2 Å². The van der Waals surface area contributed by atoms with E-state index in [-0.39, 0.29) is 12.1 Å². The van der Waals surface area contributed by atoms with Crippen molar-refractivity contribution in [3.8, 4) is 0 Å². The summed E-state index contributed by atoms with van der Waals surface area (Å²) in [6, 6.07) is 6.19. The number of pyridine rings is 1. The molecule has 0 saturated heterocycles. The molecule has 1 heterocycles. The summed E-state index contributed by atoms with van der Waals surface area (Å²) in [4.78, 5) is 6.37. The predicted octanol–water partition coefficient (Wildman–Crippen LogP) is 1.43. The lowest BCUT2D eigenvalue weighted by Gasteiger charge is -2.21. The normalized spacial score (nSPS) is 14.7. The summed E-state index contributed by atoms with van der Waals surface area (Å²) in [5.41, 5.74) is 1.05. The zero-order valence-corrected chi connectivity index (χ0v) is 11.6. The first kappa shape index (κ1) is 15.1. The summed E-state index contributed by atoms with van der Waals surface area (Å²) < 4.78 is 0. The Kier molecular flexibility index (Phi) is 6.86. The number of rotatable bonds is 8. The van der Waals surface area contributed by atoms with E-state index in [4.69, 9.17) is 0 Å².